The molecule has 0 radical (unpaired) electrons. The first kappa shape index (κ1) is 23.8. The van der Waals surface area contributed by atoms with Crippen molar-refractivity contribution in [1.82, 2.24) is 0 Å². The molecule has 0 aliphatic rings. The van der Waals surface area contributed by atoms with E-state index in [0.717, 1.165) is 11.6 Å². The van der Waals surface area contributed by atoms with Crippen LogP contribution >= 0.6 is 0 Å². The van der Waals surface area contributed by atoms with E-state index in [9.17, 15) is 38.0 Å². The second-order valence-corrected chi connectivity index (χ2v) is 7.09. The fourth-order valence-electron chi connectivity index (χ4n) is 2.73. The SMILES string of the molecule is CC(=O)Nc1ccc(CCC(C)(O)C(=O)Nc2ccc([N+](=O)[O-])c(C(F)(F)F)c2)cc1. The molecule has 0 aromatic heterocycles. The Labute approximate surface area is 175 Å². The Morgan fingerprint density at radius 3 is 2.16 bits per heavy atom. The average Bonchev–Trinajstić information content (AvgIpc) is 2.66. The molecule has 11 heteroatoms. The van der Waals surface area contributed by atoms with E-state index in [-0.39, 0.29) is 24.4 Å². The van der Waals surface area contributed by atoms with Crippen LogP contribution in [0, 0.1) is 10.1 Å². The second-order valence-electron chi connectivity index (χ2n) is 7.09. The summed E-state index contributed by atoms with van der Waals surface area (Å²) in [6, 6.07) is 8.76. The lowest BCUT2D eigenvalue weighted by Gasteiger charge is -2.22. The number of rotatable bonds is 7. The summed E-state index contributed by atoms with van der Waals surface area (Å²) in [6.45, 7) is 2.58. The first-order valence-electron chi connectivity index (χ1n) is 9.05. The molecule has 0 aliphatic heterocycles. The number of anilines is 2. The fraction of sp³-hybridized carbons (Fsp3) is 0.300. The van der Waals surface area contributed by atoms with Crippen LogP contribution in [0.3, 0.4) is 0 Å². The summed E-state index contributed by atoms with van der Waals surface area (Å²) in [5.41, 5.74) is -3.55. The number of nitrogens with one attached hydrogen (secondary N) is 2. The van der Waals surface area contributed by atoms with E-state index in [1.807, 2.05) is 0 Å². The third-order valence-electron chi connectivity index (χ3n) is 4.42. The molecule has 0 saturated carbocycles. The van der Waals surface area contributed by atoms with Gasteiger partial charge in [-0.25, -0.2) is 0 Å². The highest BCUT2D eigenvalue weighted by atomic mass is 19.4. The van der Waals surface area contributed by atoms with Crippen LogP contribution < -0.4 is 10.6 Å². The zero-order valence-corrected chi connectivity index (χ0v) is 16.6. The van der Waals surface area contributed by atoms with Crippen molar-refractivity contribution in [2.45, 2.75) is 38.5 Å². The van der Waals surface area contributed by atoms with E-state index in [1.54, 1.807) is 24.3 Å². The molecule has 0 bridgehead atoms. The van der Waals surface area contributed by atoms with Crippen LogP contribution in [-0.2, 0) is 22.2 Å². The summed E-state index contributed by atoms with van der Waals surface area (Å²) in [7, 11) is 0. The van der Waals surface area contributed by atoms with Crippen LogP contribution in [0.1, 0.15) is 31.4 Å². The molecule has 1 atom stereocenters. The van der Waals surface area contributed by atoms with Gasteiger partial charge in [-0.3, -0.25) is 19.7 Å². The van der Waals surface area contributed by atoms with Gasteiger partial charge in [-0.2, -0.15) is 13.2 Å². The van der Waals surface area contributed by atoms with E-state index in [4.69, 9.17) is 0 Å². The van der Waals surface area contributed by atoms with Crippen LogP contribution in [0.25, 0.3) is 0 Å². The summed E-state index contributed by atoms with van der Waals surface area (Å²) >= 11 is 0. The monoisotopic (exact) mass is 439 g/mol. The Morgan fingerprint density at radius 1 is 1.06 bits per heavy atom. The molecule has 0 fully saturated rings. The maximum Gasteiger partial charge on any atom is 0.423 e. The molecule has 0 heterocycles. The highest BCUT2D eigenvalue weighted by Gasteiger charge is 2.39. The van der Waals surface area contributed by atoms with Gasteiger partial charge in [0.2, 0.25) is 5.91 Å². The van der Waals surface area contributed by atoms with Crippen molar-refractivity contribution in [2.75, 3.05) is 10.6 Å². The molecule has 2 amide bonds. The Balaban J connectivity index is 2.08. The number of carbonyl (C=O) groups excluding carboxylic acids is 2. The van der Waals surface area contributed by atoms with Crippen LogP contribution in [0.2, 0.25) is 0 Å². The maximum atomic E-state index is 13.1. The topological polar surface area (TPSA) is 122 Å². The molecule has 166 valence electrons. The quantitative estimate of drug-likeness (QED) is 0.446. The number of nitro benzene ring substituents is 1. The summed E-state index contributed by atoms with van der Waals surface area (Å²) in [5.74, 6) is -1.18. The van der Waals surface area contributed by atoms with Gasteiger partial charge in [0.15, 0.2) is 0 Å². The van der Waals surface area contributed by atoms with Crippen molar-refractivity contribution >= 4 is 28.9 Å². The van der Waals surface area contributed by atoms with E-state index in [2.05, 4.69) is 10.6 Å². The normalized spacial score (nSPS) is 13.2. The van der Waals surface area contributed by atoms with Crippen molar-refractivity contribution in [2.24, 2.45) is 0 Å². The molecule has 8 nitrogen and oxygen atoms in total. The number of halogens is 3. The van der Waals surface area contributed by atoms with E-state index >= 15 is 0 Å². The first-order valence-corrected chi connectivity index (χ1v) is 9.05. The number of carbonyl (C=O) groups is 2. The van der Waals surface area contributed by atoms with Gasteiger partial charge in [0, 0.05) is 24.4 Å². The van der Waals surface area contributed by atoms with Crippen LogP contribution in [0.4, 0.5) is 30.2 Å². The number of hydrogen-bond acceptors (Lipinski definition) is 5. The molecule has 3 N–H and O–H groups in total. The minimum Gasteiger partial charge on any atom is -0.380 e. The van der Waals surface area contributed by atoms with Gasteiger partial charge in [0.1, 0.15) is 11.2 Å². The Hall–Kier alpha value is -3.47. The maximum absolute atomic E-state index is 13.1. The Kier molecular flexibility index (Phi) is 7.01. The molecule has 31 heavy (non-hydrogen) atoms. The number of aliphatic hydroxyl groups is 1. The van der Waals surface area contributed by atoms with Crippen molar-refractivity contribution < 1.29 is 32.8 Å². The highest BCUT2D eigenvalue weighted by Crippen LogP contribution is 2.37. The average molecular weight is 439 g/mol. The van der Waals surface area contributed by atoms with Gasteiger partial charge in [-0.05, 0) is 49.6 Å². The molecular weight excluding hydrogens is 419 g/mol. The standard InChI is InChI=1S/C20H20F3N3O5/c1-12(27)24-14-5-3-13(4-6-14)9-10-19(2,29)18(28)25-15-7-8-17(26(30)31)16(11-15)20(21,22)23/h3-8,11,29H,9-10H2,1-2H3,(H,24,27)(H,25,28). The van der Waals surface area contributed by atoms with E-state index in [0.29, 0.717) is 17.8 Å². The zero-order valence-electron chi connectivity index (χ0n) is 16.6. The lowest BCUT2D eigenvalue weighted by Crippen LogP contribution is -2.40. The summed E-state index contributed by atoms with van der Waals surface area (Å²) in [4.78, 5) is 33.1. The molecule has 2 rings (SSSR count). The molecule has 0 aliphatic carbocycles. The predicted molar refractivity (Wildman–Crippen MR) is 106 cm³/mol. The number of alkyl halides is 3. The highest BCUT2D eigenvalue weighted by molar-refractivity contribution is 5.97. The van der Waals surface area contributed by atoms with Gasteiger partial charge < -0.3 is 15.7 Å². The fourth-order valence-corrected chi connectivity index (χ4v) is 2.73. The first-order chi connectivity index (χ1) is 14.3. The smallest absolute Gasteiger partial charge is 0.380 e. The number of benzene rings is 2. The van der Waals surface area contributed by atoms with Gasteiger partial charge in [0.05, 0.1) is 4.92 Å². The minimum atomic E-state index is -4.99. The van der Waals surface area contributed by atoms with Gasteiger partial charge in [-0.15, -0.1) is 0 Å². The summed E-state index contributed by atoms with van der Waals surface area (Å²) in [6.07, 6.45) is -4.76. The molecule has 0 spiro atoms. The van der Waals surface area contributed by atoms with Gasteiger partial charge in [0.25, 0.3) is 11.6 Å². The predicted octanol–water partition coefficient (Wildman–Crippen LogP) is 3.89. The second kappa shape index (κ2) is 9.13. The number of amides is 2. The van der Waals surface area contributed by atoms with E-state index in [1.165, 1.54) is 13.8 Å². The molecular formula is C20H20F3N3O5. The number of nitro groups is 1. The molecule has 2 aromatic rings. The lowest BCUT2D eigenvalue weighted by molar-refractivity contribution is -0.388. The third-order valence-corrected chi connectivity index (χ3v) is 4.42. The van der Waals surface area contributed by atoms with Crippen LogP contribution in [0.5, 0.6) is 0 Å². The van der Waals surface area contributed by atoms with Crippen molar-refractivity contribution in [3.63, 3.8) is 0 Å². The van der Waals surface area contributed by atoms with Gasteiger partial charge in [-0.1, -0.05) is 12.1 Å². The Bertz CT molecular complexity index is 989. The van der Waals surface area contributed by atoms with Crippen molar-refractivity contribution in [1.29, 1.82) is 0 Å². The minimum absolute atomic E-state index is 0.0442. The molecule has 2 aromatic carbocycles. The number of hydrogen-bond donors (Lipinski definition) is 3. The third kappa shape index (κ3) is 6.51. The molecule has 1 unspecified atom stereocenters. The van der Waals surface area contributed by atoms with Crippen LogP contribution in [0.15, 0.2) is 42.5 Å². The van der Waals surface area contributed by atoms with Gasteiger partial charge >= 0.3 is 6.18 Å². The number of nitrogens with zero attached hydrogens (tertiary/aromatic N) is 1. The lowest BCUT2D eigenvalue weighted by atomic mass is 9.95. The van der Waals surface area contributed by atoms with E-state index < -0.39 is 33.9 Å². The number of aryl methyl sites for hydroxylation is 1. The molecule has 0 saturated heterocycles. The summed E-state index contributed by atoms with van der Waals surface area (Å²) < 4.78 is 39.2. The summed E-state index contributed by atoms with van der Waals surface area (Å²) in [5, 5.41) is 26.0. The largest absolute Gasteiger partial charge is 0.423 e. The van der Waals surface area contributed by atoms with Crippen molar-refractivity contribution in [3.05, 3.63) is 63.7 Å². The van der Waals surface area contributed by atoms with Crippen molar-refractivity contribution in [3.8, 4) is 0 Å². The Morgan fingerprint density at radius 2 is 1.65 bits per heavy atom. The van der Waals surface area contributed by atoms with Crippen LogP contribution in [-0.4, -0.2) is 27.4 Å². The zero-order chi connectivity index (χ0) is 23.4.